The Balaban J connectivity index is 0.000000272. The number of ether oxygens (including phenoxy) is 3. The van der Waals surface area contributed by atoms with Gasteiger partial charge >= 0.3 is 0 Å². The van der Waals surface area contributed by atoms with Crippen molar-refractivity contribution >= 4 is 6.29 Å². The second-order valence-electron chi connectivity index (χ2n) is 9.76. The van der Waals surface area contributed by atoms with Crippen LogP contribution in [0.25, 0.3) is 0 Å². The molecule has 0 spiro atoms. The van der Waals surface area contributed by atoms with Gasteiger partial charge in [-0.25, -0.2) is 0 Å². The Morgan fingerprint density at radius 1 is 0.923 bits per heavy atom. The lowest BCUT2D eigenvalue weighted by Gasteiger charge is -2.22. The molecule has 0 aromatic heterocycles. The minimum absolute atomic E-state index is 0.223. The van der Waals surface area contributed by atoms with Gasteiger partial charge in [0.1, 0.15) is 12.0 Å². The van der Waals surface area contributed by atoms with Crippen molar-refractivity contribution in [2.75, 3.05) is 27.0 Å². The summed E-state index contributed by atoms with van der Waals surface area (Å²) < 4.78 is 16.4. The van der Waals surface area contributed by atoms with Gasteiger partial charge in [-0.3, -0.25) is 4.90 Å². The molecule has 3 aromatic rings. The molecule has 0 saturated carbocycles. The molecule has 0 radical (unpaired) electrons. The molecule has 5 nitrogen and oxygen atoms in total. The minimum Gasteiger partial charge on any atom is -0.497 e. The Hall–Kier alpha value is -3.31. The number of carbonyl (C=O) groups is 1. The van der Waals surface area contributed by atoms with Gasteiger partial charge in [0.05, 0.1) is 13.7 Å². The van der Waals surface area contributed by atoms with E-state index in [1.54, 1.807) is 7.11 Å². The maximum Gasteiger partial charge on any atom is 0.231 e. The first-order valence-electron chi connectivity index (χ1n) is 14.3. The van der Waals surface area contributed by atoms with Crippen molar-refractivity contribution in [3.63, 3.8) is 0 Å². The van der Waals surface area contributed by atoms with Gasteiger partial charge in [-0.2, -0.15) is 0 Å². The third kappa shape index (κ3) is 7.02. The maximum absolute atomic E-state index is 11.2. The summed E-state index contributed by atoms with van der Waals surface area (Å²) in [5.41, 5.74) is 8.10. The molecule has 1 fully saturated rings. The molecule has 1 unspecified atom stereocenters. The highest BCUT2D eigenvalue weighted by Crippen LogP contribution is 2.45. The van der Waals surface area contributed by atoms with Crippen LogP contribution in [0.5, 0.6) is 17.2 Å². The highest BCUT2D eigenvalue weighted by molar-refractivity contribution is 5.54. The molecule has 2 atom stereocenters. The van der Waals surface area contributed by atoms with Gasteiger partial charge in [0.15, 0.2) is 11.5 Å². The van der Waals surface area contributed by atoms with Crippen molar-refractivity contribution in [2.45, 2.75) is 72.8 Å². The Bertz CT molecular complexity index is 1180. The van der Waals surface area contributed by atoms with Crippen LogP contribution in [-0.2, 0) is 17.6 Å². The summed E-state index contributed by atoms with van der Waals surface area (Å²) in [6.45, 7) is 14.3. The van der Waals surface area contributed by atoms with Gasteiger partial charge in [-0.05, 0) is 90.6 Å². The normalized spacial score (nSPS) is 17.5. The number of rotatable bonds is 7. The Kier molecular flexibility index (Phi) is 11.4. The van der Waals surface area contributed by atoms with Crippen molar-refractivity contribution in [2.24, 2.45) is 0 Å². The zero-order valence-corrected chi connectivity index (χ0v) is 24.8. The third-order valence-electron chi connectivity index (χ3n) is 7.80. The lowest BCUT2D eigenvalue weighted by atomic mass is 9.90. The number of hydrogen-bond acceptors (Lipinski definition) is 5. The van der Waals surface area contributed by atoms with Crippen LogP contribution in [0.1, 0.15) is 79.5 Å². The van der Waals surface area contributed by atoms with Crippen LogP contribution in [0.2, 0.25) is 0 Å². The molecule has 5 rings (SSSR count). The van der Waals surface area contributed by atoms with E-state index in [1.807, 2.05) is 32.0 Å². The molecule has 5 heteroatoms. The number of benzene rings is 3. The van der Waals surface area contributed by atoms with Crippen LogP contribution in [0.3, 0.4) is 0 Å². The molecule has 0 aliphatic carbocycles. The predicted octanol–water partition coefficient (Wildman–Crippen LogP) is 7.61. The summed E-state index contributed by atoms with van der Waals surface area (Å²) in [5.74, 6) is 2.88. The number of fused-ring (bicyclic) bond motifs is 1. The molecule has 210 valence electrons. The number of aldehydes is 1. The van der Waals surface area contributed by atoms with Crippen LogP contribution in [0, 0.1) is 13.8 Å². The highest BCUT2D eigenvalue weighted by Gasteiger charge is 2.35. The van der Waals surface area contributed by atoms with Crippen LogP contribution in [0.4, 0.5) is 0 Å². The Morgan fingerprint density at radius 3 is 2.18 bits per heavy atom. The van der Waals surface area contributed by atoms with Crippen molar-refractivity contribution < 1.29 is 19.0 Å². The van der Waals surface area contributed by atoms with E-state index in [9.17, 15) is 4.79 Å². The molecule has 0 N–H and O–H groups in total. The van der Waals surface area contributed by atoms with Crippen LogP contribution >= 0.6 is 0 Å². The molecule has 0 amide bonds. The fourth-order valence-electron chi connectivity index (χ4n) is 5.67. The van der Waals surface area contributed by atoms with E-state index >= 15 is 0 Å². The van der Waals surface area contributed by atoms with E-state index in [2.05, 4.69) is 69.0 Å². The molecule has 2 aliphatic rings. The summed E-state index contributed by atoms with van der Waals surface area (Å²) in [7, 11) is 1.67. The molecule has 2 heterocycles. The Labute approximate surface area is 235 Å². The number of likely N-dealkylation sites (tertiary alicyclic amines) is 1. The van der Waals surface area contributed by atoms with E-state index in [-0.39, 0.29) is 12.8 Å². The van der Waals surface area contributed by atoms with Gasteiger partial charge < -0.3 is 19.0 Å². The first-order chi connectivity index (χ1) is 19.0. The zero-order chi connectivity index (χ0) is 28.4. The predicted molar refractivity (Wildman–Crippen MR) is 159 cm³/mol. The molecule has 1 saturated heterocycles. The van der Waals surface area contributed by atoms with Gasteiger partial charge in [0.2, 0.25) is 6.79 Å². The Morgan fingerprint density at radius 2 is 1.59 bits per heavy atom. The summed E-state index contributed by atoms with van der Waals surface area (Å²) in [5, 5.41) is 0. The van der Waals surface area contributed by atoms with E-state index in [4.69, 9.17) is 14.2 Å². The maximum atomic E-state index is 11.2. The van der Waals surface area contributed by atoms with Gasteiger partial charge in [-0.15, -0.1) is 0 Å². The lowest BCUT2D eigenvalue weighted by Crippen LogP contribution is -2.25. The number of aryl methyl sites for hydroxylation is 2. The second kappa shape index (κ2) is 14.7. The first-order valence-corrected chi connectivity index (χ1v) is 14.3. The number of nitrogens with zero attached hydrogens (tertiary/aromatic N) is 1. The second-order valence-corrected chi connectivity index (χ2v) is 9.76. The van der Waals surface area contributed by atoms with Crippen LogP contribution in [-0.4, -0.2) is 38.2 Å². The van der Waals surface area contributed by atoms with E-state index in [1.165, 1.54) is 27.8 Å². The molecule has 3 aromatic carbocycles. The average molecular weight is 532 g/mol. The third-order valence-corrected chi connectivity index (χ3v) is 7.80. The molecule has 39 heavy (non-hydrogen) atoms. The van der Waals surface area contributed by atoms with Crippen LogP contribution in [0.15, 0.2) is 54.6 Å². The topological polar surface area (TPSA) is 48.0 Å². The summed E-state index contributed by atoms with van der Waals surface area (Å²) in [6, 6.07) is 19.1. The smallest absolute Gasteiger partial charge is 0.231 e. The lowest BCUT2D eigenvalue weighted by molar-refractivity contribution is -0.109. The van der Waals surface area contributed by atoms with Crippen LogP contribution < -0.4 is 14.2 Å². The largest absolute Gasteiger partial charge is 0.497 e. The van der Waals surface area contributed by atoms with Crippen molar-refractivity contribution in [1.82, 2.24) is 4.90 Å². The van der Waals surface area contributed by atoms with Crippen molar-refractivity contribution in [3.8, 4) is 17.2 Å². The quantitative estimate of drug-likeness (QED) is 0.294. The minimum atomic E-state index is 0.223. The average Bonchev–Trinajstić information content (AvgIpc) is 3.63. The monoisotopic (exact) mass is 531 g/mol. The summed E-state index contributed by atoms with van der Waals surface area (Å²) in [4.78, 5) is 13.5. The van der Waals surface area contributed by atoms with Gasteiger partial charge in [0, 0.05) is 12.6 Å². The summed E-state index contributed by atoms with van der Waals surface area (Å²) in [6.07, 6.45) is 4.27. The van der Waals surface area contributed by atoms with E-state index < -0.39 is 0 Å². The van der Waals surface area contributed by atoms with Crippen molar-refractivity contribution in [1.29, 1.82) is 0 Å². The summed E-state index contributed by atoms with van der Waals surface area (Å²) >= 11 is 0. The molecule has 0 bridgehead atoms. The SMILES string of the molecule is CC.CCc1cccc(CC)c1C.COc1ccc(C2C[C@@H](c3ccc4c(c3C)OCO4)CN2CC=O)cc1. The van der Waals surface area contributed by atoms with Gasteiger partial charge in [0.25, 0.3) is 0 Å². The fourth-order valence-corrected chi connectivity index (χ4v) is 5.67. The highest BCUT2D eigenvalue weighted by atomic mass is 16.7. The van der Waals surface area contributed by atoms with Crippen molar-refractivity contribution in [3.05, 3.63) is 88.0 Å². The van der Waals surface area contributed by atoms with E-state index in [0.717, 1.165) is 54.9 Å². The molecular weight excluding hydrogens is 486 g/mol. The fraction of sp³-hybridized carbons (Fsp3) is 0.441. The molecular formula is C34H45NO4. The standard InChI is InChI=1S/C21H23NO4.C11H16.C2H6/c1-14-18(7-8-20-21(14)26-13-25-20)16-11-19(22(12-16)9-10-23)15-3-5-17(24-2)6-4-15;1-4-10-7-6-8-11(5-2)9(10)3;1-2/h3-8,10,16,19H,9,11-13H2,1-2H3;6-8H,4-5H2,1-3H3;1-2H3/t16-,19?;;/m1../s1. The number of methoxy groups -OCH3 is 1. The van der Waals surface area contributed by atoms with Gasteiger partial charge in [-0.1, -0.05) is 64.1 Å². The first kappa shape index (κ1) is 30.2. The number of hydrogen-bond donors (Lipinski definition) is 0. The number of carbonyl (C=O) groups excluding carboxylic acids is 1. The molecule has 2 aliphatic heterocycles. The zero-order valence-electron chi connectivity index (χ0n) is 24.8. The van der Waals surface area contributed by atoms with E-state index in [0.29, 0.717) is 12.5 Å².